The zero-order valence-electron chi connectivity index (χ0n) is 17.1. The number of carbonyl (C=O) groups excluding carboxylic acids is 1. The lowest BCUT2D eigenvalue weighted by Crippen LogP contribution is -2.41. The fourth-order valence-corrected chi connectivity index (χ4v) is 6.69. The van der Waals surface area contributed by atoms with Crippen LogP contribution in [0, 0.1) is 0 Å². The van der Waals surface area contributed by atoms with Crippen LogP contribution in [0.4, 0.5) is 0 Å². The van der Waals surface area contributed by atoms with Crippen LogP contribution in [0.25, 0.3) is 10.2 Å². The van der Waals surface area contributed by atoms with Crippen LogP contribution in [-0.2, 0) is 16.6 Å². The first-order valence-corrected chi connectivity index (χ1v) is 12.5. The Morgan fingerprint density at radius 2 is 1.87 bits per heavy atom. The number of hydrogen-bond donors (Lipinski definition) is 0. The number of carbonyl (C=O) groups is 1. The molecule has 0 spiro atoms. The van der Waals surface area contributed by atoms with Crippen molar-refractivity contribution in [3.63, 3.8) is 0 Å². The van der Waals surface area contributed by atoms with Gasteiger partial charge in [0.25, 0.3) is 5.91 Å². The van der Waals surface area contributed by atoms with E-state index in [2.05, 4.69) is 4.99 Å². The van der Waals surface area contributed by atoms with Crippen molar-refractivity contribution >= 4 is 37.5 Å². The molecule has 6 nitrogen and oxygen atoms in total. The Balaban J connectivity index is 1.63. The van der Waals surface area contributed by atoms with Crippen LogP contribution in [0.3, 0.4) is 0 Å². The van der Waals surface area contributed by atoms with Crippen LogP contribution in [0.5, 0.6) is 0 Å². The summed E-state index contributed by atoms with van der Waals surface area (Å²) in [6.45, 7) is 5.22. The van der Waals surface area contributed by atoms with Crippen LogP contribution in [0.15, 0.2) is 58.4 Å². The first kappa shape index (κ1) is 21.0. The Morgan fingerprint density at radius 1 is 1.13 bits per heavy atom. The SMILES string of the molecule is CCn1c(=NC(=O)c2ccc(S(=O)(=O)N3CCCC[C@@H]3C)cc2)sc2ccccc21. The van der Waals surface area contributed by atoms with Crippen molar-refractivity contribution in [3.8, 4) is 0 Å². The summed E-state index contributed by atoms with van der Waals surface area (Å²) in [5, 5.41) is 0. The molecule has 1 saturated heterocycles. The number of piperidine rings is 1. The second-order valence-electron chi connectivity index (χ2n) is 7.50. The van der Waals surface area contributed by atoms with Gasteiger partial charge in [-0.05, 0) is 63.1 Å². The Kier molecular flexibility index (Phi) is 5.90. The van der Waals surface area contributed by atoms with Crippen molar-refractivity contribution in [2.45, 2.75) is 50.6 Å². The number of benzene rings is 2. The zero-order chi connectivity index (χ0) is 21.3. The molecule has 0 unspecified atom stereocenters. The van der Waals surface area contributed by atoms with Crippen molar-refractivity contribution in [1.29, 1.82) is 0 Å². The molecular formula is C22H25N3O3S2. The van der Waals surface area contributed by atoms with Gasteiger partial charge in [0.2, 0.25) is 10.0 Å². The van der Waals surface area contributed by atoms with Gasteiger partial charge in [-0.2, -0.15) is 9.30 Å². The average Bonchev–Trinajstić information content (AvgIpc) is 3.10. The lowest BCUT2D eigenvalue weighted by atomic mass is 10.1. The predicted octanol–water partition coefficient (Wildman–Crippen LogP) is 4.03. The van der Waals surface area contributed by atoms with Crippen LogP contribution in [0.1, 0.15) is 43.5 Å². The molecule has 1 atom stereocenters. The van der Waals surface area contributed by atoms with Gasteiger partial charge >= 0.3 is 0 Å². The second kappa shape index (κ2) is 8.45. The Bertz CT molecular complexity index is 1240. The van der Waals surface area contributed by atoms with Gasteiger partial charge < -0.3 is 4.57 Å². The molecule has 0 radical (unpaired) electrons. The van der Waals surface area contributed by atoms with E-state index in [1.165, 1.54) is 23.5 Å². The number of thiazole rings is 1. The molecule has 2 aromatic carbocycles. The molecule has 158 valence electrons. The van der Waals surface area contributed by atoms with E-state index in [0.29, 0.717) is 23.5 Å². The Hall–Kier alpha value is -2.29. The fourth-order valence-electron chi connectivity index (χ4n) is 3.90. The van der Waals surface area contributed by atoms with Gasteiger partial charge in [-0.15, -0.1) is 0 Å². The van der Waals surface area contributed by atoms with E-state index in [-0.39, 0.29) is 16.8 Å². The molecule has 1 aliphatic heterocycles. The number of nitrogens with zero attached hydrogens (tertiary/aromatic N) is 3. The van der Waals surface area contributed by atoms with E-state index in [9.17, 15) is 13.2 Å². The first-order valence-electron chi connectivity index (χ1n) is 10.2. The van der Waals surface area contributed by atoms with E-state index in [4.69, 9.17) is 0 Å². The summed E-state index contributed by atoms with van der Waals surface area (Å²) in [7, 11) is -3.55. The molecular weight excluding hydrogens is 418 g/mol. The minimum Gasteiger partial charge on any atom is -0.317 e. The summed E-state index contributed by atoms with van der Waals surface area (Å²) in [6, 6.07) is 14.1. The smallest absolute Gasteiger partial charge is 0.279 e. The maximum Gasteiger partial charge on any atom is 0.279 e. The van der Waals surface area contributed by atoms with E-state index in [1.807, 2.05) is 42.7 Å². The van der Waals surface area contributed by atoms with Gasteiger partial charge in [-0.1, -0.05) is 29.9 Å². The summed E-state index contributed by atoms with van der Waals surface area (Å²) in [6.07, 6.45) is 2.81. The highest BCUT2D eigenvalue weighted by atomic mass is 32.2. The maximum atomic E-state index is 13.0. The van der Waals surface area contributed by atoms with Crippen LogP contribution >= 0.6 is 11.3 Å². The standard InChI is InChI=1S/C22H25N3O3S2/c1-3-24-19-9-4-5-10-20(19)29-22(24)23-21(26)17-11-13-18(14-12-17)30(27,28)25-15-7-6-8-16(25)2/h4-5,9-14,16H,3,6-8,15H2,1-2H3/t16-/m0/s1. The fraction of sp³-hybridized carbons (Fsp3) is 0.364. The van der Waals surface area contributed by atoms with Gasteiger partial charge in [-0.25, -0.2) is 8.42 Å². The normalized spacial score (nSPS) is 18.7. The summed E-state index contributed by atoms with van der Waals surface area (Å²) in [5.74, 6) is -0.376. The molecule has 30 heavy (non-hydrogen) atoms. The minimum atomic E-state index is -3.55. The number of fused-ring (bicyclic) bond motifs is 1. The number of aromatic nitrogens is 1. The second-order valence-corrected chi connectivity index (χ2v) is 10.4. The number of rotatable bonds is 4. The molecule has 4 rings (SSSR count). The lowest BCUT2D eigenvalue weighted by Gasteiger charge is -2.32. The highest BCUT2D eigenvalue weighted by Crippen LogP contribution is 2.25. The van der Waals surface area contributed by atoms with Crippen molar-refractivity contribution < 1.29 is 13.2 Å². The molecule has 2 heterocycles. The lowest BCUT2D eigenvalue weighted by molar-refractivity contribution is 0.0997. The largest absolute Gasteiger partial charge is 0.317 e. The molecule has 0 aliphatic carbocycles. The third-order valence-electron chi connectivity index (χ3n) is 5.55. The highest BCUT2D eigenvalue weighted by molar-refractivity contribution is 7.89. The quantitative estimate of drug-likeness (QED) is 0.611. The number of aryl methyl sites for hydroxylation is 1. The van der Waals surface area contributed by atoms with Crippen molar-refractivity contribution in [2.75, 3.05) is 6.54 Å². The molecule has 1 fully saturated rings. The molecule has 0 bridgehead atoms. The molecule has 0 saturated carbocycles. The van der Waals surface area contributed by atoms with Gasteiger partial charge in [0.1, 0.15) is 0 Å². The summed E-state index contributed by atoms with van der Waals surface area (Å²) in [5.41, 5.74) is 1.43. The molecule has 0 N–H and O–H groups in total. The predicted molar refractivity (Wildman–Crippen MR) is 119 cm³/mol. The van der Waals surface area contributed by atoms with Gasteiger partial charge in [0, 0.05) is 24.7 Å². The maximum absolute atomic E-state index is 13.0. The van der Waals surface area contributed by atoms with Crippen LogP contribution < -0.4 is 4.80 Å². The van der Waals surface area contributed by atoms with Crippen molar-refractivity contribution in [2.24, 2.45) is 4.99 Å². The third-order valence-corrected chi connectivity index (χ3v) is 8.64. The third kappa shape index (κ3) is 3.87. The Morgan fingerprint density at radius 3 is 2.57 bits per heavy atom. The van der Waals surface area contributed by atoms with E-state index < -0.39 is 10.0 Å². The Labute approximate surface area is 180 Å². The van der Waals surface area contributed by atoms with Crippen LogP contribution in [0.2, 0.25) is 0 Å². The molecule has 1 aliphatic rings. The molecule has 1 aromatic heterocycles. The van der Waals surface area contributed by atoms with Crippen molar-refractivity contribution in [3.05, 3.63) is 58.9 Å². The summed E-state index contributed by atoms with van der Waals surface area (Å²) < 4.78 is 30.6. The topological polar surface area (TPSA) is 71.7 Å². The van der Waals surface area contributed by atoms with Crippen LogP contribution in [-0.4, -0.2) is 35.8 Å². The van der Waals surface area contributed by atoms with Gasteiger partial charge in [0.15, 0.2) is 4.80 Å². The number of amides is 1. The number of sulfonamides is 1. The first-order chi connectivity index (χ1) is 14.4. The molecule has 8 heteroatoms. The molecule has 1 amide bonds. The molecule has 3 aromatic rings. The average molecular weight is 444 g/mol. The monoisotopic (exact) mass is 443 g/mol. The van der Waals surface area contributed by atoms with Crippen molar-refractivity contribution in [1.82, 2.24) is 8.87 Å². The summed E-state index contributed by atoms with van der Waals surface area (Å²) in [4.78, 5) is 17.9. The number of para-hydroxylation sites is 1. The highest BCUT2D eigenvalue weighted by Gasteiger charge is 2.30. The summed E-state index contributed by atoms with van der Waals surface area (Å²) >= 11 is 1.47. The number of hydrogen-bond acceptors (Lipinski definition) is 4. The van der Waals surface area contributed by atoms with E-state index in [1.54, 1.807) is 16.4 Å². The van der Waals surface area contributed by atoms with Gasteiger partial charge in [-0.3, -0.25) is 4.79 Å². The van der Waals surface area contributed by atoms with E-state index >= 15 is 0 Å². The minimum absolute atomic E-state index is 0.00231. The zero-order valence-corrected chi connectivity index (χ0v) is 18.7. The van der Waals surface area contributed by atoms with E-state index in [0.717, 1.165) is 29.5 Å². The van der Waals surface area contributed by atoms with Gasteiger partial charge in [0.05, 0.1) is 15.1 Å².